The third-order valence-corrected chi connectivity index (χ3v) is 7.91. The lowest BCUT2D eigenvalue weighted by atomic mass is 9.91. The number of benzene rings is 2. The Morgan fingerprint density at radius 1 is 1.07 bits per heavy atom. The Morgan fingerprint density at radius 3 is 2.37 bits per heavy atom. The highest BCUT2D eigenvalue weighted by Crippen LogP contribution is 2.31. The van der Waals surface area contributed by atoms with Crippen molar-refractivity contribution in [3.63, 3.8) is 0 Å². The third kappa shape index (κ3) is 4.91. The summed E-state index contributed by atoms with van der Waals surface area (Å²) < 4.78 is 27.7. The predicted molar refractivity (Wildman–Crippen MR) is 118 cm³/mol. The van der Waals surface area contributed by atoms with Gasteiger partial charge in [0.2, 0.25) is 5.91 Å². The van der Waals surface area contributed by atoms with Crippen molar-refractivity contribution in [2.75, 3.05) is 17.9 Å². The first-order valence-corrected chi connectivity index (χ1v) is 11.9. The van der Waals surface area contributed by atoms with E-state index in [1.807, 2.05) is 0 Å². The Labute approximate surface area is 187 Å². The average Bonchev–Trinajstić information content (AvgIpc) is 2.74. The monoisotopic (exact) mass is 470 g/mol. The number of aliphatic hydroxyl groups excluding tert-OH is 1. The van der Waals surface area contributed by atoms with Gasteiger partial charge in [0.05, 0.1) is 32.8 Å². The second-order valence-corrected chi connectivity index (χ2v) is 10.0. The molecule has 0 aromatic heterocycles. The summed E-state index contributed by atoms with van der Waals surface area (Å²) in [6, 6.07) is 12.0. The lowest BCUT2D eigenvalue weighted by Gasteiger charge is -2.36. The first kappa shape index (κ1) is 22.9. The van der Waals surface area contributed by atoms with Crippen molar-refractivity contribution in [3.05, 3.63) is 58.6 Å². The molecule has 2 atom stereocenters. The van der Waals surface area contributed by atoms with Crippen LogP contribution in [0.25, 0.3) is 0 Å². The predicted octanol–water partition coefficient (Wildman–Crippen LogP) is 3.95. The molecule has 0 saturated heterocycles. The molecular formula is C21H24Cl2N2O4S. The van der Waals surface area contributed by atoms with E-state index >= 15 is 0 Å². The van der Waals surface area contributed by atoms with Gasteiger partial charge < -0.3 is 10.0 Å². The minimum atomic E-state index is -4.03. The number of hydrogen-bond acceptors (Lipinski definition) is 4. The van der Waals surface area contributed by atoms with Gasteiger partial charge in [0.25, 0.3) is 10.0 Å². The number of sulfonamides is 1. The molecule has 1 N–H and O–H groups in total. The zero-order valence-electron chi connectivity index (χ0n) is 16.5. The number of rotatable bonds is 6. The summed E-state index contributed by atoms with van der Waals surface area (Å²) in [5.74, 6) is -0.411. The first-order chi connectivity index (χ1) is 14.2. The van der Waals surface area contributed by atoms with Crippen molar-refractivity contribution in [1.82, 2.24) is 4.90 Å². The summed E-state index contributed by atoms with van der Waals surface area (Å²) in [6.45, 7) is -0.422. The number of hydrogen-bond donors (Lipinski definition) is 1. The molecule has 30 heavy (non-hydrogen) atoms. The van der Waals surface area contributed by atoms with E-state index in [2.05, 4.69) is 0 Å². The van der Waals surface area contributed by atoms with E-state index in [1.54, 1.807) is 25.2 Å². The number of carbonyl (C=O) groups is 1. The van der Waals surface area contributed by atoms with Crippen molar-refractivity contribution in [2.45, 2.75) is 42.7 Å². The average molecular weight is 471 g/mol. The van der Waals surface area contributed by atoms with Crippen LogP contribution in [-0.4, -0.2) is 50.1 Å². The smallest absolute Gasteiger partial charge is 0.264 e. The van der Waals surface area contributed by atoms with Crippen LogP contribution in [0.5, 0.6) is 0 Å². The molecule has 9 heteroatoms. The van der Waals surface area contributed by atoms with Gasteiger partial charge in [-0.25, -0.2) is 8.42 Å². The van der Waals surface area contributed by atoms with Gasteiger partial charge in [0, 0.05) is 7.05 Å². The van der Waals surface area contributed by atoms with Crippen LogP contribution in [0.4, 0.5) is 5.69 Å². The van der Waals surface area contributed by atoms with Crippen molar-refractivity contribution >= 4 is 44.8 Å². The lowest BCUT2D eigenvalue weighted by molar-refractivity contribution is -0.133. The van der Waals surface area contributed by atoms with Crippen LogP contribution < -0.4 is 4.31 Å². The second kappa shape index (κ2) is 9.56. The molecule has 1 saturated carbocycles. The molecule has 3 rings (SSSR count). The fraction of sp³-hybridized carbons (Fsp3) is 0.381. The van der Waals surface area contributed by atoms with E-state index in [0.717, 1.165) is 17.1 Å². The van der Waals surface area contributed by atoms with Crippen LogP contribution >= 0.6 is 23.2 Å². The molecule has 0 aliphatic heterocycles. The van der Waals surface area contributed by atoms with E-state index in [0.29, 0.717) is 12.8 Å². The maximum atomic E-state index is 13.4. The van der Waals surface area contributed by atoms with Gasteiger partial charge in [-0.15, -0.1) is 0 Å². The van der Waals surface area contributed by atoms with E-state index in [9.17, 15) is 18.3 Å². The highest BCUT2D eigenvalue weighted by molar-refractivity contribution is 7.92. The third-order valence-electron chi connectivity index (χ3n) is 5.39. The number of nitrogens with zero attached hydrogens (tertiary/aromatic N) is 2. The number of halogens is 2. The SMILES string of the molecule is CN(C(=O)CN(c1ccc(Cl)c(Cl)c1)S(=O)(=O)c1ccccc1)C1CCCCC1O. The Hall–Kier alpha value is -1.80. The molecule has 1 aliphatic rings. The molecule has 2 aromatic carbocycles. The van der Waals surface area contributed by atoms with Gasteiger partial charge in [-0.2, -0.15) is 0 Å². The molecule has 1 amide bonds. The van der Waals surface area contributed by atoms with Gasteiger partial charge in [-0.05, 0) is 43.2 Å². The van der Waals surface area contributed by atoms with Crippen molar-refractivity contribution < 1.29 is 18.3 Å². The molecule has 1 fully saturated rings. The Morgan fingerprint density at radius 2 is 1.73 bits per heavy atom. The molecule has 0 bridgehead atoms. The Bertz CT molecular complexity index is 1000. The summed E-state index contributed by atoms with van der Waals surface area (Å²) >= 11 is 12.1. The molecule has 0 radical (unpaired) electrons. The highest BCUT2D eigenvalue weighted by atomic mass is 35.5. The normalized spacial score (nSPS) is 19.3. The van der Waals surface area contributed by atoms with Crippen LogP contribution in [0.3, 0.4) is 0 Å². The molecule has 0 heterocycles. The van der Waals surface area contributed by atoms with E-state index in [4.69, 9.17) is 23.2 Å². The zero-order chi connectivity index (χ0) is 21.9. The molecule has 1 aliphatic carbocycles. The van der Waals surface area contributed by atoms with Crippen LogP contribution in [0, 0.1) is 0 Å². The Balaban J connectivity index is 1.95. The lowest BCUT2D eigenvalue weighted by Crippen LogP contribution is -2.50. The standard InChI is InChI=1S/C21H24Cl2N2O4S/c1-24(19-9-5-6-10-20(19)26)21(27)14-25(15-11-12-17(22)18(23)13-15)30(28,29)16-7-3-2-4-8-16/h2-4,7-8,11-13,19-20,26H,5-6,9-10,14H2,1H3. The summed E-state index contributed by atoms with van der Waals surface area (Å²) in [5.41, 5.74) is 0.235. The topological polar surface area (TPSA) is 77.9 Å². The van der Waals surface area contributed by atoms with Gasteiger partial charge in [0.15, 0.2) is 0 Å². The van der Waals surface area contributed by atoms with E-state index < -0.39 is 28.6 Å². The number of amides is 1. The van der Waals surface area contributed by atoms with Gasteiger partial charge >= 0.3 is 0 Å². The van der Waals surface area contributed by atoms with Crippen LogP contribution in [-0.2, 0) is 14.8 Å². The molecular weight excluding hydrogens is 447 g/mol. The van der Waals surface area contributed by atoms with E-state index in [-0.39, 0.29) is 26.7 Å². The number of carbonyl (C=O) groups excluding carboxylic acids is 1. The number of anilines is 1. The maximum absolute atomic E-state index is 13.4. The zero-order valence-corrected chi connectivity index (χ0v) is 18.9. The van der Waals surface area contributed by atoms with Gasteiger partial charge in [0.1, 0.15) is 6.54 Å². The number of aliphatic hydroxyl groups is 1. The first-order valence-electron chi connectivity index (χ1n) is 9.68. The van der Waals surface area contributed by atoms with Gasteiger partial charge in [-0.3, -0.25) is 9.10 Å². The summed E-state index contributed by atoms with van der Waals surface area (Å²) in [5, 5.41) is 10.8. The van der Waals surface area contributed by atoms with Crippen LogP contribution in [0.2, 0.25) is 10.0 Å². The quantitative estimate of drug-likeness (QED) is 0.692. The Kier molecular flexibility index (Phi) is 7.29. The molecule has 2 unspecified atom stereocenters. The molecule has 0 spiro atoms. The minimum Gasteiger partial charge on any atom is -0.391 e. The van der Waals surface area contributed by atoms with Crippen molar-refractivity contribution in [2.24, 2.45) is 0 Å². The van der Waals surface area contributed by atoms with Crippen molar-refractivity contribution in [1.29, 1.82) is 0 Å². The maximum Gasteiger partial charge on any atom is 0.264 e. The van der Waals surface area contributed by atoms with Gasteiger partial charge in [-0.1, -0.05) is 54.2 Å². The van der Waals surface area contributed by atoms with Crippen LogP contribution in [0.1, 0.15) is 25.7 Å². The van der Waals surface area contributed by atoms with Crippen LogP contribution in [0.15, 0.2) is 53.4 Å². The summed E-state index contributed by atoms with van der Waals surface area (Å²) in [4.78, 5) is 14.6. The minimum absolute atomic E-state index is 0.0595. The second-order valence-electron chi connectivity index (χ2n) is 7.35. The molecule has 6 nitrogen and oxygen atoms in total. The highest BCUT2D eigenvalue weighted by Gasteiger charge is 2.33. The molecule has 162 valence electrons. The number of likely N-dealkylation sites (N-methyl/N-ethyl adjacent to an activating group) is 1. The largest absolute Gasteiger partial charge is 0.391 e. The fourth-order valence-corrected chi connectivity index (χ4v) is 5.36. The fourth-order valence-electron chi connectivity index (χ4n) is 3.64. The summed E-state index contributed by atoms with van der Waals surface area (Å²) in [7, 11) is -2.43. The van der Waals surface area contributed by atoms with E-state index in [1.165, 1.54) is 35.2 Å². The summed E-state index contributed by atoms with van der Waals surface area (Å²) in [6.07, 6.45) is 2.52. The van der Waals surface area contributed by atoms with Crippen molar-refractivity contribution in [3.8, 4) is 0 Å². The molecule has 2 aromatic rings.